The Hall–Kier alpha value is -1.36. The molecule has 2 rings (SSSR count). The summed E-state index contributed by atoms with van der Waals surface area (Å²) in [5.74, 6) is 1.58. The zero-order chi connectivity index (χ0) is 12.3. The summed E-state index contributed by atoms with van der Waals surface area (Å²) in [5.41, 5.74) is 0.978. The molecule has 0 aromatic carbocycles. The lowest BCUT2D eigenvalue weighted by atomic mass is 10.2. The number of nitrogens with zero attached hydrogens (tertiary/aromatic N) is 3. The average Bonchev–Trinajstić information content (AvgIpc) is 2.71. The number of anilines is 2. The highest BCUT2D eigenvalue weighted by Crippen LogP contribution is 2.16. The molecule has 0 spiro atoms. The van der Waals surface area contributed by atoms with Crippen molar-refractivity contribution in [2.24, 2.45) is 0 Å². The molecule has 0 radical (unpaired) electrons. The van der Waals surface area contributed by atoms with Gasteiger partial charge in [-0.05, 0) is 33.4 Å². The summed E-state index contributed by atoms with van der Waals surface area (Å²) in [6.07, 6.45) is 2.57. The first-order chi connectivity index (χ1) is 8.19. The summed E-state index contributed by atoms with van der Waals surface area (Å²) >= 11 is 0. The standard InChI is InChI=1S/C12H21N5/c1-9-7-11(16-12(13-2)15-9)14-8-10-5-4-6-17(10)3/h7,10H,4-6,8H2,1-3H3,(H2,13,14,15,16). The Morgan fingerprint density at radius 1 is 1.47 bits per heavy atom. The highest BCUT2D eigenvalue weighted by molar-refractivity contribution is 5.41. The molecule has 1 aromatic rings. The number of aromatic nitrogens is 2. The first kappa shape index (κ1) is 12.1. The lowest BCUT2D eigenvalue weighted by molar-refractivity contribution is 0.322. The van der Waals surface area contributed by atoms with Gasteiger partial charge in [0.2, 0.25) is 5.95 Å². The Morgan fingerprint density at radius 2 is 2.29 bits per heavy atom. The zero-order valence-corrected chi connectivity index (χ0v) is 10.8. The third-order valence-corrected chi connectivity index (χ3v) is 3.27. The van der Waals surface area contributed by atoms with Crippen LogP contribution in [0, 0.1) is 6.92 Å². The summed E-state index contributed by atoms with van der Waals surface area (Å²) in [6.45, 7) is 4.14. The molecule has 0 aliphatic carbocycles. The topological polar surface area (TPSA) is 53.1 Å². The van der Waals surface area contributed by atoms with Gasteiger partial charge in [0.1, 0.15) is 5.82 Å². The molecule has 1 saturated heterocycles. The van der Waals surface area contributed by atoms with Crippen LogP contribution in [0.2, 0.25) is 0 Å². The van der Waals surface area contributed by atoms with Crippen molar-refractivity contribution in [3.63, 3.8) is 0 Å². The van der Waals surface area contributed by atoms with Gasteiger partial charge >= 0.3 is 0 Å². The lowest BCUT2D eigenvalue weighted by Gasteiger charge is -2.20. The van der Waals surface area contributed by atoms with Crippen molar-refractivity contribution in [3.8, 4) is 0 Å². The summed E-state index contributed by atoms with van der Waals surface area (Å²) < 4.78 is 0. The predicted molar refractivity (Wildman–Crippen MR) is 70.5 cm³/mol. The van der Waals surface area contributed by atoms with Crippen molar-refractivity contribution in [1.29, 1.82) is 0 Å². The maximum atomic E-state index is 4.39. The number of nitrogens with one attached hydrogen (secondary N) is 2. The Bertz CT molecular complexity index is 379. The largest absolute Gasteiger partial charge is 0.368 e. The number of hydrogen-bond acceptors (Lipinski definition) is 5. The second kappa shape index (κ2) is 5.31. The fourth-order valence-corrected chi connectivity index (χ4v) is 2.23. The Morgan fingerprint density at radius 3 is 2.94 bits per heavy atom. The van der Waals surface area contributed by atoms with E-state index in [4.69, 9.17) is 0 Å². The Labute approximate surface area is 103 Å². The molecular formula is C12H21N5. The highest BCUT2D eigenvalue weighted by atomic mass is 15.2. The van der Waals surface area contributed by atoms with Crippen LogP contribution in [0.5, 0.6) is 0 Å². The molecule has 1 unspecified atom stereocenters. The summed E-state index contributed by atoms with van der Waals surface area (Å²) in [7, 11) is 4.02. The molecule has 0 saturated carbocycles. The van der Waals surface area contributed by atoms with E-state index < -0.39 is 0 Å². The van der Waals surface area contributed by atoms with E-state index >= 15 is 0 Å². The van der Waals surface area contributed by atoms with E-state index in [1.54, 1.807) is 0 Å². The van der Waals surface area contributed by atoms with E-state index in [9.17, 15) is 0 Å². The normalized spacial score (nSPS) is 20.5. The van der Waals surface area contributed by atoms with Crippen molar-refractivity contribution >= 4 is 11.8 Å². The molecule has 17 heavy (non-hydrogen) atoms. The monoisotopic (exact) mass is 235 g/mol. The van der Waals surface area contributed by atoms with Crippen LogP contribution in [-0.4, -0.2) is 48.1 Å². The molecule has 0 bridgehead atoms. The second-order valence-corrected chi connectivity index (χ2v) is 4.63. The van der Waals surface area contributed by atoms with Crippen LogP contribution < -0.4 is 10.6 Å². The minimum atomic E-state index is 0.628. The summed E-state index contributed by atoms with van der Waals surface area (Å²) in [5, 5.41) is 6.37. The maximum absolute atomic E-state index is 4.39. The van der Waals surface area contributed by atoms with Crippen LogP contribution in [0.15, 0.2) is 6.07 Å². The van der Waals surface area contributed by atoms with E-state index in [-0.39, 0.29) is 0 Å². The van der Waals surface area contributed by atoms with Gasteiger partial charge in [-0.1, -0.05) is 0 Å². The van der Waals surface area contributed by atoms with Crippen molar-refractivity contribution in [2.45, 2.75) is 25.8 Å². The van der Waals surface area contributed by atoms with Crippen molar-refractivity contribution in [3.05, 3.63) is 11.8 Å². The fourth-order valence-electron chi connectivity index (χ4n) is 2.23. The zero-order valence-electron chi connectivity index (χ0n) is 10.8. The maximum Gasteiger partial charge on any atom is 0.224 e. The van der Waals surface area contributed by atoms with Crippen LogP contribution in [0.3, 0.4) is 0 Å². The molecule has 1 aliphatic rings. The average molecular weight is 235 g/mol. The van der Waals surface area contributed by atoms with Gasteiger partial charge in [-0.15, -0.1) is 0 Å². The summed E-state index contributed by atoms with van der Waals surface area (Å²) in [6, 6.07) is 2.61. The molecule has 2 N–H and O–H groups in total. The molecule has 1 fully saturated rings. The third-order valence-electron chi connectivity index (χ3n) is 3.27. The van der Waals surface area contributed by atoms with Crippen LogP contribution >= 0.6 is 0 Å². The van der Waals surface area contributed by atoms with Gasteiger partial charge in [0, 0.05) is 31.4 Å². The van der Waals surface area contributed by atoms with Gasteiger partial charge in [-0.3, -0.25) is 0 Å². The van der Waals surface area contributed by atoms with Gasteiger partial charge in [0.05, 0.1) is 0 Å². The lowest BCUT2D eigenvalue weighted by Crippen LogP contribution is -2.31. The number of rotatable bonds is 4. The first-order valence-electron chi connectivity index (χ1n) is 6.16. The van der Waals surface area contributed by atoms with Gasteiger partial charge < -0.3 is 15.5 Å². The van der Waals surface area contributed by atoms with E-state index in [0.717, 1.165) is 18.1 Å². The second-order valence-electron chi connectivity index (χ2n) is 4.63. The third kappa shape index (κ3) is 3.06. The van der Waals surface area contributed by atoms with E-state index in [1.807, 2.05) is 20.0 Å². The number of aryl methyl sites for hydroxylation is 1. The Balaban J connectivity index is 1.96. The molecule has 5 nitrogen and oxygen atoms in total. The van der Waals surface area contributed by atoms with Crippen molar-refractivity contribution in [2.75, 3.05) is 37.8 Å². The smallest absolute Gasteiger partial charge is 0.224 e. The minimum Gasteiger partial charge on any atom is -0.368 e. The van der Waals surface area contributed by atoms with Crippen LogP contribution in [0.1, 0.15) is 18.5 Å². The SMILES string of the molecule is CNc1nc(C)cc(NCC2CCCN2C)n1. The quantitative estimate of drug-likeness (QED) is 0.824. The van der Waals surface area contributed by atoms with E-state index in [1.165, 1.54) is 19.4 Å². The molecule has 2 heterocycles. The summed E-state index contributed by atoms with van der Waals surface area (Å²) in [4.78, 5) is 11.1. The van der Waals surface area contributed by atoms with Gasteiger partial charge in [0.25, 0.3) is 0 Å². The molecule has 1 aromatic heterocycles. The molecule has 1 aliphatic heterocycles. The van der Waals surface area contributed by atoms with E-state index in [2.05, 4.69) is 32.5 Å². The molecular weight excluding hydrogens is 214 g/mol. The van der Waals surface area contributed by atoms with Crippen molar-refractivity contribution < 1.29 is 0 Å². The van der Waals surface area contributed by atoms with Crippen LogP contribution in [0.4, 0.5) is 11.8 Å². The Kier molecular flexibility index (Phi) is 3.78. The molecule has 5 heteroatoms. The van der Waals surface area contributed by atoms with Gasteiger partial charge in [0.15, 0.2) is 0 Å². The highest BCUT2D eigenvalue weighted by Gasteiger charge is 2.20. The first-order valence-corrected chi connectivity index (χ1v) is 6.16. The van der Waals surface area contributed by atoms with E-state index in [0.29, 0.717) is 12.0 Å². The molecule has 0 amide bonds. The number of likely N-dealkylation sites (tertiary alicyclic amines) is 1. The number of likely N-dealkylation sites (N-methyl/N-ethyl adjacent to an activating group) is 1. The predicted octanol–water partition coefficient (Wildman–Crippen LogP) is 1.33. The fraction of sp³-hybridized carbons (Fsp3) is 0.667. The van der Waals surface area contributed by atoms with Crippen LogP contribution in [0.25, 0.3) is 0 Å². The van der Waals surface area contributed by atoms with Gasteiger partial charge in [-0.25, -0.2) is 4.98 Å². The number of hydrogen-bond donors (Lipinski definition) is 2. The van der Waals surface area contributed by atoms with Gasteiger partial charge in [-0.2, -0.15) is 4.98 Å². The minimum absolute atomic E-state index is 0.628. The van der Waals surface area contributed by atoms with Crippen LogP contribution in [-0.2, 0) is 0 Å². The molecule has 1 atom stereocenters. The van der Waals surface area contributed by atoms with Crippen molar-refractivity contribution in [1.82, 2.24) is 14.9 Å². The molecule has 94 valence electrons.